The van der Waals surface area contributed by atoms with E-state index in [2.05, 4.69) is 0 Å². The molecule has 0 atom stereocenters. The van der Waals surface area contributed by atoms with Crippen LogP contribution >= 0.6 is 22.3 Å². The van der Waals surface area contributed by atoms with Crippen molar-refractivity contribution in [1.29, 1.82) is 0 Å². The molecule has 0 fully saturated rings. The topological polar surface area (TPSA) is 67.0 Å². The first-order valence-corrected chi connectivity index (χ1v) is 6.07. The summed E-state index contributed by atoms with van der Waals surface area (Å²) in [5.74, 6) is 0. The summed E-state index contributed by atoms with van der Waals surface area (Å²) >= 11 is 5.25. The van der Waals surface area contributed by atoms with Crippen molar-refractivity contribution in [2.45, 2.75) is 11.3 Å². The Labute approximate surface area is 92.2 Å². The quantitative estimate of drug-likeness (QED) is 0.840. The number of pyridine rings is 1. The molecule has 1 rings (SSSR count). The first kappa shape index (κ1) is 12.4. The summed E-state index contributed by atoms with van der Waals surface area (Å²) in [5.41, 5.74) is -2.09. The van der Waals surface area contributed by atoms with Crippen LogP contribution in [0.15, 0.2) is 15.9 Å². The lowest BCUT2D eigenvalue weighted by Gasteiger charge is -2.03. The molecule has 1 aromatic rings. The minimum Gasteiger partial charge on any atom is -0.358 e. The van der Waals surface area contributed by atoms with Crippen LogP contribution in [-0.2, 0) is 9.05 Å². The third-order valence-corrected chi connectivity index (χ3v) is 3.20. The highest BCUT2D eigenvalue weighted by Gasteiger charge is 2.22. The molecule has 0 spiro atoms. The lowest BCUT2D eigenvalue weighted by Crippen LogP contribution is -2.15. The number of rotatable bonds is 2. The summed E-state index contributed by atoms with van der Waals surface area (Å²) in [6.45, 7) is 0. The van der Waals surface area contributed by atoms with E-state index in [4.69, 9.17) is 22.3 Å². The summed E-state index contributed by atoms with van der Waals surface area (Å²) in [6.07, 6.45) is -2.42. The molecule has 0 bridgehead atoms. The highest BCUT2D eigenvalue weighted by molar-refractivity contribution is 8.13. The Hall–Kier alpha value is -0.660. The SMILES string of the molecule is O=c1c(S(=O)(=O)Cl)c[nH]c(C(F)F)c1Cl. The van der Waals surface area contributed by atoms with Crippen molar-refractivity contribution < 1.29 is 17.2 Å². The second-order valence-corrected chi connectivity index (χ2v) is 5.36. The lowest BCUT2D eigenvalue weighted by atomic mass is 10.3. The van der Waals surface area contributed by atoms with E-state index in [1.807, 2.05) is 4.98 Å². The van der Waals surface area contributed by atoms with Crippen LogP contribution in [0.25, 0.3) is 0 Å². The largest absolute Gasteiger partial charge is 0.358 e. The predicted molar refractivity (Wildman–Crippen MR) is 50.1 cm³/mol. The summed E-state index contributed by atoms with van der Waals surface area (Å²) in [6, 6.07) is 0. The number of hydrogen-bond donors (Lipinski definition) is 1. The molecule has 0 aliphatic heterocycles. The standard InChI is InChI=1S/C6H3Cl2F2NO3S/c7-3-4(6(9)10)11-1-2(5(3)12)15(8,13)14/h1,6H,(H,11,12). The molecule has 0 unspecified atom stereocenters. The van der Waals surface area contributed by atoms with E-state index in [0.717, 1.165) is 0 Å². The molecule has 84 valence electrons. The van der Waals surface area contributed by atoms with E-state index in [1.54, 1.807) is 0 Å². The number of alkyl halides is 2. The van der Waals surface area contributed by atoms with E-state index in [0.29, 0.717) is 6.20 Å². The van der Waals surface area contributed by atoms with E-state index >= 15 is 0 Å². The van der Waals surface area contributed by atoms with Crippen molar-refractivity contribution in [1.82, 2.24) is 4.98 Å². The van der Waals surface area contributed by atoms with Gasteiger partial charge in [0.15, 0.2) is 0 Å². The molecule has 1 aromatic heterocycles. The molecule has 0 radical (unpaired) electrons. The lowest BCUT2D eigenvalue weighted by molar-refractivity contribution is 0.146. The fourth-order valence-electron chi connectivity index (χ4n) is 0.843. The minimum absolute atomic E-state index is 0.581. The zero-order chi connectivity index (χ0) is 11.8. The molecule has 0 aliphatic carbocycles. The van der Waals surface area contributed by atoms with Gasteiger partial charge >= 0.3 is 0 Å². The number of aromatic nitrogens is 1. The van der Waals surface area contributed by atoms with Gasteiger partial charge in [0.1, 0.15) is 15.6 Å². The number of nitrogens with one attached hydrogen (secondary N) is 1. The van der Waals surface area contributed by atoms with Gasteiger partial charge in [-0.1, -0.05) is 11.6 Å². The van der Waals surface area contributed by atoms with Gasteiger partial charge in [0, 0.05) is 16.9 Å². The number of H-pyrrole nitrogens is 1. The smallest absolute Gasteiger partial charge is 0.279 e. The number of halogens is 4. The van der Waals surface area contributed by atoms with Gasteiger partial charge in [0.2, 0.25) is 5.43 Å². The van der Waals surface area contributed by atoms with Crippen molar-refractivity contribution in [3.05, 3.63) is 27.1 Å². The van der Waals surface area contributed by atoms with Crippen molar-refractivity contribution in [3.63, 3.8) is 0 Å². The van der Waals surface area contributed by atoms with E-state index in [-0.39, 0.29) is 0 Å². The fourth-order valence-corrected chi connectivity index (χ4v) is 2.00. The molecule has 0 aromatic carbocycles. The van der Waals surface area contributed by atoms with Gasteiger partial charge in [-0.2, -0.15) is 0 Å². The van der Waals surface area contributed by atoms with Crippen LogP contribution in [0.2, 0.25) is 5.02 Å². The highest BCUT2D eigenvalue weighted by Crippen LogP contribution is 2.23. The third-order valence-electron chi connectivity index (χ3n) is 1.50. The molecular formula is C6H3Cl2F2NO3S. The molecule has 0 saturated carbocycles. The maximum atomic E-state index is 12.2. The summed E-state index contributed by atoms with van der Waals surface area (Å²) in [4.78, 5) is 12.2. The Balaban J connectivity index is 3.56. The highest BCUT2D eigenvalue weighted by atomic mass is 35.7. The van der Waals surface area contributed by atoms with Gasteiger partial charge in [0.25, 0.3) is 15.5 Å². The van der Waals surface area contributed by atoms with Crippen molar-refractivity contribution in [3.8, 4) is 0 Å². The van der Waals surface area contributed by atoms with Gasteiger partial charge in [-0.25, -0.2) is 17.2 Å². The zero-order valence-corrected chi connectivity index (χ0v) is 9.13. The first-order chi connectivity index (χ1) is 6.75. The van der Waals surface area contributed by atoms with Crippen LogP contribution in [0.1, 0.15) is 12.1 Å². The minimum atomic E-state index is -4.30. The summed E-state index contributed by atoms with van der Waals surface area (Å²) in [5, 5.41) is -0.883. The van der Waals surface area contributed by atoms with E-state index in [1.165, 1.54) is 0 Å². The first-order valence-electron chi connectivity index (χ1n) is 3.39. The second kappa shape index (κ2) is 4.07. The van der Waals surface area contributed by atoms with Gasteiger partial charge in [-0.3, -0.25) is 4.79 Å². The third kappa shape index (κ3) is 2.47. The molecule has 0 amide bonds. The normalized spacial score (nSPS) is 12.1. The monoisotopic (exact) mass is 277 g/mol. The maximum Gasteiger partial charge on any atom is 0.279 e. The fraction of sp³-hybridized carbons (Fsp3) is 0.167. The van der Waals surface area contributed by atoms with Crippen LogP contribution in [0, 0.1) is 0 Å². The van der Waals surface area contributed by atoms with Gasteiger partial charge in [0.05, 0.1) is 0 Å². The Kier molecular flexibility index (Phi) is 3.37. The molecular weight excluding hydrogens is 275 g/mol. The van der Waals surface area contributed by atoms with Crippen LogP contribution in [0.3, 0.4) is 0 Å². The van der Waals surface area contributed by atoms with Crippen molar-refractivity contribution >= 4 is 31.3 Å². The predicted octanol–water partition coefficient (Wildman–Crippen LogP) is 1.89. The average Bonchev–Trinajstić information content (AvgIpc) is 2.06. The molecule has 0 aliphatic rings. The molecule has 15 heavy (non-hydrogen) atoms. The zero-order valence-electron chi connectivity index (χ0n) is 6.80. The van der Waals surface area contributed by atoms with Crippen molar-refractivity contribution in [2.75, 3.05) is 0 Å². The Bertz CT molecular complexity index is 540. The molecule has 9 heteroatoms. The van der Waals surface area contributed by atoms with E-state index in [9.17, 15) is 22.0 Å². The van der Waals surface area contributed by atoms with Crippen molar-refractivity contribution in [2.24, 2.45) is 0 Å². The van der Waals surface area contributed by atoms with Gasteiger partial charge in [-0.15, -0.1) is 0 Å². The van der Waals surface area contributed by atoms with Crippen LogP contribution in [0.5, 0.6) is 0 Å². The van der Waals surface area contributed by atoms with Gasteiger partial charge < -0.3 is 4.98 Å². The molecule has 1 N–H and O–H groups in total. The summed E-state index contributed by atoms with van der Waals surface area (Å²) < 4.78 is 46.0. The summed E-state index contributed by atoms with van der Waals surface area (Å²) in [7, 11) is 0.574. The van der Waals surface area contributed by atoms with Crippen LogP contribution in [-0.4, -0.2) is 13.4 Å². The Morgan fingerprint density at radius 1 is 1.40 bits per heavy atom. The van der Waals surface area contributed by atoms with Crippen LogP contribution in [0.4, 0.5) is 8.78 Å². The van der Waals surface area contributed by atoms with E-state index < -0.39 is 36.5 Å². The molecule has 1 heterocycles. The number of hydrogen-bond acceptors (Lipinski definition) is 3. The Morgan fingerprint density at radius 2 is 1.93 bits per heavy atom. The maximum absolute atomic E-state index is 12.2. The number of aromatic amines is 1. The Morgan fingerprint density at radius 3 is 2.33 bits per heavy atom. The molecule has 4 nitrogen and oxygen atoms in total. The average molecular weight is 278 g/mol. The van der Waals surface area contributed by atoms with Gasteiger partial charge in [-0.05, 0) is 0 Å². The molecule has 0 saturated heterocycles. The van der Waals surface area contributed by atoms with Crippen LogP contribution < -0.4 is 5.43 Å². The second-order valence-electron chi connectivity index (χ2n) is 2.45.